The lowest BCUT2D eigenvalue weighted by Crippen LogP contribution is -2.34. The number of H-pyrrole nitrogens is 1. The summed E-state index contributed by atoms with van der Waals surface area (Å²) in [5.74, 6) is -0.216. The smallest absolute Gasteiger partial charge is 0.223 e. The molecular weight excluding hydrogens is 475 g/mol. The summed E-state index contributed by atoms with van der Waals surface area (Å²) in [5.41, 5.74) is 3.47. The molecule has 1 amide bonds. The maximum absolute atomic E-state index is 14.9. The fourth-order valence-corrected chi connectivity index (χ4v) is 5.16. The number of thiazole rings is 1. The van der Waals surface area contributed by atoms with E-state index >= 15 is 0 Å². The van der Waals surface area contributed by atoms with E-state index in [1.165, 1.54) is 24.3 Å². The number of rotatable bonds is 5. The van der Waals surface area contributed by atoms with Crippen LogP contribution in [0, 0.1) is 5.82 Å². The minimum atomic E-state index is -0.657. The highest BCUT2D eigenvalue weighted by atomic mass is 32.1. The molecule has 3 aromatic heterocycles. The van der Waals surface area contributed by atoms with Gasteiger partial charge in [0.1, 0.15) is 24.0 Å². The van der Waals surface area contributed by atoms with Crippen molar-refractivity contribution >= 4 is 33.4 Å². The van der Waals surface area contributed by atoms with Crippen molar-refractivity contribution in [3.8, 4) is 28.4 Å². The summed E-state index contributed by atoms with van der Waals surface area (Å²) in [7, 11) is 0. The van der Waals surface area contributed by atoms with E-state index in [1.54, 1.807) is 18.2 Å². The van der Waals surface area contributed by atoms with Gasteiger partial charge in [-0.25, -0.2) is 14.4 Å². The lowest BCUT2D eigenvalue weighted by Gasteiger charge is -2.16. The SMILES string of the molecule is CC(=O)Nc1nc(-c2ccc(-c3nc4cc(O[C@@H]5CO[C@H]6[C@@H]5OC[C@H]6O)[nH]c4cc3F)cc2)cs1. The minimum absolute atomic E-state index is 0.178. The molecular formula is C24H21FN4O5S. The minimum Gasteiger partial charge on any atom is -0.470 e. The summed E-state index contributed by atoms with van der Waals surface area (Å²) in [6.07, 6.45) is -1.77. The van der Waals surface area contributed by atoms with E-state index in [9.17, 15) is 14.3 Å². The van der Waals surface area contributed by atoms with Gasteiger partial charge in [-0.2, -0.15) is 0 Å². The Balaban J connectivity index is 1.22. The van der Waals surface area contributed by atoms with Crippen molar-refractivity contribution in [2.45, 2.75) is 31.3 Å². The van der Waals surface area contributed by atoms with Gasteiger partial charge in [0.15, 0.2) is 22.9 Å². The van der Waals surface area contributed by atoms with Crippen molar-refractivity contribution in [3.63, 3.8) is 0 Å². The second-order valence-corrected chi connectivity index (χ2v) is 9.36. The Hall–Kier alpha value is -3.38. The Morgan fingerprint density at radius 3 is 2.74 bits per heavy atom. The van der Waals surface area contributed by atoms with Crippen LogP contribution in [0.25, 0.3) is 33.5 Å². The van der Waals surface area contributed by atoms with Gasteiger partial charge in [-0.3, -0.25) is 4.79 Å². The molecule has 0 bridgehead atoms. The van der Waals surface area contributed by atoms with Crippen LogP contribution in [0.1, 0.15) is 6.92 Å². The first-order chi connectivity index (χ1) is 16.9. The molecule has 180 valence electrons. The number of halogens is 1. The molecule has 4 aromatic rings. The van der Waals surface area contributed by atoms with Crippen molar-refractivity contribution in [1.29, 1.82) is 0 Å². The zero-order valence-electron chi connectivity index (χ0n) is 18.5. The van der Waals surface area contributed by atoms with Crippen LogP contribution in [0.4, 0.5) is 9.52 Å². The van der Waals surface area contributed by atoms with Crippen LogP contribution in [0.5, 0.6) is 5.88 Å². The average Bonchev–Trinajstić information content (AvgIpc) is 3.60. The number of hydrogen-bond acceptors (Lipinski definition) is 8. The van der Waals surface area contributed by atoms with E-state index in [-0.39, 0.29) is 30.4 Å². The standard InChI is InChI=1S/C24H21FN4O5S/c1-11(30)26-24-29-17(10-35-24)12-2-4-13(5-3-12)21-14(25)6-15-16(28-21)7-20(27-15)34-19-9-33-22-18(31)8-32-23(19)22/h2-7,10,18-19,22-23,27,31H,8-9H2,1H3,(H,26,29,30)/t18-,19-,22-,23-/m1/s1. The molecule has 2 saturated heterocycles. The summed E-state index contributed by atoms with van der Waals surface area (Å²) >= 11 is 1.34. The molecule has 0 spiro atoms. The van der Waals surface area contributed by atoms with Gasteiger partial charge >= 0.3 is 0 Å². The van der Waals surface area contributed by atoms with Crippen molar-refractivity contribution in [1.82, 2.24) is 15.0 Å². The Labute approximate surface area is 202 Å². The second kappa shape index (κ2) is 8.68. The Bertz CT molecular complexity index is 1400. The van der Waals surface area contributed by atoms with E-state index in [0.29, 0.717) is 34.2 Å². The van der Waals surface area contributed by atoms with E-state index < -0.39 is 18.0 Å². The lowest BCUT2D eigenvalue weighted by molar-refractivity contribution is -0.114. The number of nitrogens with one attached hydrogen (secondary N) is 2. The Morgan fingerprint density at radius 2 is 1.94 bits per heavy atom. The van der Waals surface area contributed by atoms with Crippen LogP contribution in [0.15, 0.2) is 41.8 Å². The first-order valence-electron chi connectivity index (χ1n) is 11.1. The summed E-state index contributed by atoms with van der Waals surface area (Å²) in [5, 5.41) is 14.9. The number of carbonyl (C=O) groups is 1. The fraction of sp³-hybridized carbons (Fsp3) is 0.292. The normalized spacial score (nSPS) is 23.5. The number of hydrogen-bond donors (Lipinski definition) is 3. The van der Waals surface area contributed by atoms with Crippen LogP contribution in [0.2, 0.25) is 0 Å². The van der Waals surface area contributed by atoms with Crippen LogP contribution in [-0.4, -0.2) is 63.6 Å². The number of aliphatic hydroxyl groups excluding tert-OH is 1. The van der Waals surface area contributed by atoms with Gasteiger partial charge in [0, 0.05) is 35.6 Å². The molecule has 35 heavy (non-hydrogen) atoms. The number of pyridine rings is 1. The molecule has 2 aliphatic rings. The fourth-order valence-electron chi connectivity index (χ4n) is 4.39. The average molecular weight is 497 g/mol. The first-order valence-corrected chi connectivity index (χ1v) is 11.9. The molecule has 2 aliphatic heterocycles. The third-order valence-electron chi connectivity index (χ3n) is 6.03. The highest BCUT2D eigenvalue weighted by Gasteiger charge is 2.48. The third kappa shape index (κ3) is 4.16. The van der Waals surface area contributed by atoms with Crippen LogP contribution >= 0.6 is 11.3 Å². The maximum atomic E-state index is 14.9. The molecule has 1 aromatic carbocycles. The van der Waals surface area contributed by atoms with Crippen LogP contribution < -0.4 is 10.1 Å². The van der Waals surface area contributed by atoms with E-state index in [1.807, 2.05) is 17.5 Å². The molecule has 0 radical (unpaired) electrons. The summed E-state index contributed by atoms with van der Waals surface area (Å²) in [4.78, 5) is 23.2. The number of nitrogens with zero attached hydrogens (tertiary/aromatic N) is 2. The molecule has 0 aliphatic carbocycles. The van der Waals surface area contributed by atoms with Gasteiger partial charge in [0.2, 0.25) is 5.91 Å². The predicted molar refractivity (Wildman–Crippen MR) is 127 cm³/mol. The third-order valence-corrected chi connectivity index (χ3v) is 6.79. The maximum Gasteiger partial charge on any atom is 0.223 e. The largest absolute Gasteiger partial charge is 0.470 e. The highest BCUT2D eigenvalue weighted by molar-refractivity contribution is 7.14. The summed E-state index contributed by atoms with van der Waals surface area (Å²) in [6, 6.07) is 10.4. The van der Waals surface area contributed by atoms with Gasteiger partial charge < -0.3 is 29.6 Å². The van der Waals surface area contributed by atoms with Crippen LogP contribution in [0.3, 0.4) is 0 Å². The second-order valence-electron chi connectivity index (χ2n) is 8.50. The van der Waals surface area contributed by atoms with Crippen LogP contribution in [-0.2, 0) is 14.3 Å². The lowest BCUT2D eigenvalue weighted by atomic mass is 10.1. The zero-order chi connectivity index (χ0) is 24.1. The first kappa shape index (κ1) is 22.1. The number of anilines is 1. The van der Waals surface area contributed by atoms with Crippen molar-refractivity contribution in [3.05, 3.63) is 47.6 Å². The highest BCUT2D eigenvalue weighted by Crippen LogP contribution is 2.33. The topological polar surface area (TPSA) is 119 Å². The zero-order valence-corrected chi connectivity index (χ0v) is 19.3. The van der Waals surface area contributed by atoms with Gasteiger partial charge in [0.05, 0.1) is 29.9 Å². The van der Waals surface area contributed by atoms with Gasteiger partial charge in [-0.05, 0) is 0 Å². The van der Waals surface area contributed by atoms with E-state index in [2.05, 4.69) is 20.3 Å². The number of benzene rings is 1. The number of aromatic amines is 1. The van der Waals surface area contributed by atoms with E-state index in [0.717, 1.165) is 11.3 Å². The van der Waals surface area contributed by atoms with Gasteiger partial charge in [0.25, 0.3) is 0 Å². The predicted octanol–water partition coefficient (Wildman–Crippen LogP) is 3.36. The summed E-state index contributed by atoms with van der Waals surface area (Å²) in [6.45, 7) is 1.95. The van der Waals surface area contributed by atoms with Gasteiger partial charge in [-0.15, -0.1) is 11.3 Å². The molecule has 0 saturated carbocycles. The monoisotopic (exact) mass is 496 g/mol. The Kier molecular flexibility index (Phi) is 5.49. The number of fused-ring (bicyclic) bond motifs is 2. The molecule has 0 unspecified atom stereocenters. The number of aliphatic hydroxyl groups is 1. The number of ether oxygens (including phenoxy) is 3. The number of amides is 1. The number of aromatic nitrogens is 3. The van der Waals surface area contributed by atoms with Crippen molar-refractivity contribution in [2.75, 3.05) is 18.5 Å². The summed E-state index contributed by atoms with van der Waals surface area (Å²) < 4.78 is 32.1. The molecule has 6 rings (SSSR count). The molecule has 2 fully saturated rings. The molecule has 11 heteroatoms. The van der Waals surface area contributed by atoms with Gasteiger partial charge in [-0.1, -0.05) is 24.3 Å². The molecule has 4 atom stereocenters. The van der Waals surface area contributed by atoms with Crippen molar-refractivity contribution in [2.24, 2.45) is 0 Å². The Morgan fingerprint density at radius 1 is 1.17 bits per heavy atom. The number of carbonyl (C=O) groups excluding carboxylic acids is 1. The molecule has 3 N–H and O–H groups in total. The quantitative estimate of drug-likeness (QED) is 0.388. The molecule has 5 heterocycles. The van der Waals surface area contributed by atoms with Crippen molar-refractivity contribution < 1.29 is 28.5 Å². The molecule has 9 nitrogen and oxygen atoms in total. The van der Waals surface area contributed by atoms with E-state index in [4.69, 9.17) is 14.2 Å².